The van der Waals surface area contributed by atoms with E-state index in [1.165, 1.54) is 6.42 Å². The lowest BCUT2D eigenvalue weighted by atomic mass is 9.73. The molecule has 5 nitrogen and oxygen atoms in total. The minimum Gasteiger partial charge on any atom is -0.394 e. The molecule has 2 rings (SSSR count). The van der Waals surface area contributed by atoms with Gasteiger partial charge in [-0.25, -0.2) is 0 Å². The summed E-state index contributed by atoms with van der Waals surface area (Å²) in [7, 11) is 0. The summed E-state index contributed by atoms with van der Waals surface area (Å²) >= 11 is 0. The molecule has 1 saturated carbocycles. The Bertz CT molecular complexity index is 316. The Hall–Kier alpha value is -0.650. The predicted octanol–water partition coefficient (Wildman–Crippen LogP) is 0.504. The summed E-state index contributed by atoms with van der Waals surface area (Å²) in [6, 6.07) is 0. The third-order valence-corrected chi connectivity index (χ3v) is 4.47. The molecule has 110 valence electrons. The van der Waals surface area contributed by atoms with Crippen LogP contribution < -0.4 is 5.73 Å². The second-order valence-corrected chi connectivity index (χ2v) is 6.01. The van der Waals surface area contributed by atoms with Gasteiger partial charge in [0.25, 0.3) is 0 Å². The molecule has 2 aliphatic rings. The van der Waals surface area contributed by atoms with E-state index >= 15 is 0 Å². The van der Waals surface area contributed by atoms with Gasteiger partial charge in [-0.15, -0.1) is 0 Å². The average molecular weight is 270 g/mol. The zero-order valence-electron chi connectivity index (χ0n) is 11.8. The van der Waals surface area contributed by atoms with Crippen LogP contribution in [0.4, 0.5) is 0 Å². The van der Waals surface area contributed by atoms with E-state index in [9.17, 15) is 9.90 Å². The molecule has 0 aromatic carbocycles. The van der Waals surface area contributed by atoms with Crippen molar-refractivity contribution in [2.45, 2.75) is 51.2 Å². The molecule has 3 N–H and O–H groups in total. The van der Waals surface area contributed by atoms with Crippen molar-refractivity contribution in [1.82, 2.24) is 4.90 Å². The van der Waals surface area contributed by atoms with Crippen molar-refractivity contribution < 1.29 is 14.6 Å². The summed E-state index contributed by atoms with van der Waals surface area (Å²) in [6.07, 6.45) is 4.90. The van der Waals surface area contributed by atoms with Crippen molar-refractivity contribution in [3.8, 4) is 0 Å². The Labute approximate surface area is 115 Å². The van der Waals surface area contributed by atoms with Crippen LogP contribution in [0.1, 0.15) is 39.0 Å². The maximum atomic E-state index is 12.8. The number of amides is 1. The molecule has 0 spiro atoms. The van der Waals surface area contributed by atoms with Gasteiger partial charge in [0.2, 0.25) is 5.91 Å². The molecule has 2 atom stereocenters. The lowest BCUT2D eigenvalue weighted by Crippen LogP contribution is -2.56. The van der Waals surface area contributed by atoms with Crippen LogP contribution in [0.3, 0.4) is 0 Å². The normalized spacial score (nSPS) is 31.2. The molecular weight excluding hydrogens is 244 g/mol. The number of nitrogens with zero attached hydrogens (tertiary/aromatic N) is 1. The Morgan fingerprint density at radius 3 is 2.63 bits per heavy atom. The number of aliphatic hydroxyl groups is 1. The van der Waals surface area contributed by atoms with Crippen molar-refractivity contribution in [3.05, 3.63) is 0 Å². The number of rotatable bonds is 3. The number of hydrogen-bond acceptors (Lipinski definition) is 4. The number of nitrogens with two attached hydrogens (primary N) is 1. The van der Waals surface area contributed by atoms with Crippen LogP contribution in [0.25, 0.3) is 0 Å². The topological polar surface area (TPSA) is 75.8 Å². The summed E-state index contributed by atoms with van der Waals surface area (Å²) < 4.78 is 5.59. The monoisotopic (exact) mass is 270 g/mol. The van der Waals surface area contributed by atoms with Gasteiger partial charge >= 0.3 is 0 Å². The zero-order valence-corrected chi connectivity index (χ0v) is 11.8. The van der Waals surface area contributed by atoms with Crippen molar-refractivity contribution in [2.75, 3.05) is 26.2 Å². The van der Waals surface area contributed by atoms with Gasteiger partial charge in [0.15, 0.2) is 0 Å². The average Bonchev–Trinajstić information content (AvgIpc) is 2.46. The fourth-order valence-corrected chi connectivity index (χ4v) is 3.38. The largest absolute Gasteiger partial charge is 0.394 e. The first-order valence-corrected chi connectivity index (χ1v) is 7.37. The molecule has 1 saturated heterocycles. The van der Waals surface area contributed by atoms with E-state index < -0.39 is 0 Å². The maximum absolute atomic E-state index is 12.8. The van der Waals surface area contributed by atoms with E-state index in [0.717, 1.165) is 25.7 Å². The van der Waals surface area contributed by atoms with Gasteiger partial charge in [-0.3, -0.25) is 4.79 Å². The Balaban J connectivity index is 2.08. The number of hydrogen-bond donors (Lipinski definition) is 2. The molecule has 1 aliphatic heterocycles. The third-order valence-electron chi connectivity index (χ3n) is 4.47. The summed E-state index contributed by atoms with van der Waals surface area (Å²) in [5, 5.41) is 9.25. The first kappa shape index (κ1) is 14.8. The Morgan fingerprint density at radius 1 is 1.37 bits per heavy atom. The van der Waals surface area contributed by atoms with E-state index in [0.29, 0.717) is 19.6 Å². The van der Waals surface area contributed by atoms with Crippen molar-refractivity contribution in [2.24, 2.45) is 11.1 Å². The van der Waals surface area contributed by atoms with Crippen LogP contribution in [0.5, 0.6) is 0 Å². The number of ether oxygens (including phenoxy) is 1. The molecule has 0 aromatic rings. The smallest absolute Gasteiger partial charge is 0.230 e. The first-order valence-electron chi connectivity index (χ1n) is 7.37. The van der Waals surface area contributed by atoms with Crippen LogP contribution in [-0.2, 0) is 9.53 Å². The second kappa shape index (κ2) is 6.20. The molecule has 1 heterocycles. The van der Waals surface area contributed by atoms with E-state index in [1.807, 2.05) is 11.8 Å². The van der Waals surface area contributed by atoms with Crippen molar-refractivity contribution in [1.29, 1.82) is 0 Å². The second-order valence-electron chi connectivity index (χ2n) is 6.01. The lowest BCUT2D eigenvalue weighted by molar-refractivity contribution is -0.158. The molecule has 1 aliphatic carbocycles. The molecular formula is C14H26N2O3. The predicted molar refractivity (Wildman–Crippen MR) is 72.6 cm³/mol. The highest BCUT2D eigenvalue weighted by molar-refractivity contribution is 5.83. The van der Waals surface area contributed by atoms with Crippen LogP contribution >= 0.6 is 0 Å². The Kier molecular flexibility index (Phi) is 4.81. The summed E-state index contributed by atoms with van der Waals surface area (Å²) in [5.74, 6) is 0.170. The molecule has 1 amide bonds. The SMILES string of the molecule is CC1CN(C(=O)C2(CN)CCCCC2)CC(CO)O1. The summed E-state index contributed by atoms with van der Waals surface area (Å²) in [6.45, 7) is 3.43. The minimum absolute atomic E-state index is 0.0201. The van der Waals surface area contributed by atoms with E-state index in [4.69, 9.17) is 10.5 Å². The van der Waals surface area contributed by atoms with Gasteiger partial charge in [0, 0.05) is 19.6 Å². The van der Waals surface area contributed by atoms with Gasteiger partial charge in [-0.05, 0) is 19.8 Å². The fourth-order valence-electron chi connectivity index (χ4n) is 3.38. The zero-order chi connectivity index (χ0) is 13.9. The molecule has 2 fully saturated rings. The molecule has 0 bridgehead atoms. The van der Waals surface area contributed by atoms with E-state index in [-0.39, 0.29) is 30.1 Å². The van der Waals surface area contributed by atoms with Gasteiger partial charge in [-0.2, -0.15) is 0 Å². The lowest BCUT2D eigenvalue weighted by Gasteiger charge is -2.43. The van der Waals surface area contributed by atoms with Gasteiger partial charge < -0.3 is 20.5 Å². The minimum atomic E-state index is -0.366. The third kappa shape index (κ3) is 3.09. The van der Waals surface area contributed by atoms with Gasteiger partial charge in [0.05, 0.1) is 24.2 Å². The highest BCUT2D eigenvalue weighted by Gasteiger charge is 2.42. The number of carbonyl (C=O) groups excluding carboxylic acids is 1. The summed E-state index contributed by atoms with van der Waals surface area (Å²) in [4.78, 5) is 14.7. The van der Waals surface area contributed by atoms with E-state index in [1.54, 1.807) is 0 Å². The number of morpholine rings is 1. The van der Waals surface area contributed by atoms with Crippen LogP contribution in [0, 0.1) is 5.41 Å². The van der Waals surface area contributed by atoms with E-state index in [2.05, 4.69) is 0 Å². The maximum Gasteiger partial charge on any atom is 0.230 e. The number of carbonyl (C=O) groups is 1. The van der Waals surface area contributed by atoms with Crippen LogP contribution in [0.15, 0.2) is 0 Å². The molecule has 19 heavy (non-hydrogen) atoms. The van der Waals surface area contributed by atoms with Crippen LogP contribution in [0.2, 0.25) is 0 Å². The first-order chi connectivity index (χ1) is 9.11. The molecule has 5 heteroatoms. The van der Waals surface area contributed by atoms with Gasteiger partial charge in [-0.1, -0.05) is 19.3 Å². The molecule has 2 unspecified atom stereocenters. The van der Waals surface area contributed by atoms with Crippen molar-refractivity contribution >= 4 is 5.91 Å². The number of aliphatic hydroxyl groups excluding tert-OH is 1. The van der Waals surface area contributed by atoms with Gasteiger partial charge in [0.1, 0.15) is 0 Å². The molecule has 0 radical (unpaired) electrons. The standard InChI is InChI=1S/C14H26N2O3/c1-11-7-16(8-12(9-17)19-11)13(18)14(10-15)5-3-2-4-6-14/h11-12,17H,2-10,15H2,1H3. The highest BCUT2D eigenvalue weighted by Crippen LogP contribution is 2.37. The Morgan fingerprint density at radius 2 is 2.05 bits per heavy atom. The highest BCUT2D eigenvalue weighted by atomic mass is 16.5. The summed E-state index contributed by atoms with van der Waals surface area (Å²) in [5.41, 5.74) is 5.55. The quantitative estimate of drug-likeness (QED) is 0.783. The fraction of sp³-hybridized carbons (Fsp3) is 0.929. The van der Waals surface area contributed by atoms with Crippen LogP contribution in [-0.4, -0.2) is 54.4 Å². The molecule has 0 aromatic heterocycles. The van der Waals surface area contributed by atoms with Crippen molar-refractivity contribution in [3.63, 3.8) is 0 Å².